The van der Waals surface area contributed by atoms with E-state index in [2.05, 4.69) is 27.5 Å². The molecule has 0 aliphatic carbocycles. The first-order valence-electron chi connectivity index (χ1n) is 7.09. The number of nitrogens with one attached hydrogen (secondary N) is 2. The van der Waals surface area contributed by atoms with Crippen molar-refractivity contribution in [1.29, 1.82) is 0 Å². The molecule has 0 saturated heterocycles. The van der Waals surface area contributed by atoms with Gasteiger partial charge in [0.25, 0.3) is 5.91 Å². The van der Waals surface area contributed by atoms with Gasteiger partial charge in [-0.05, 0) is 24.5 Å². The number of carbonyl (C=O) groups excluding carboxylic acids is 1. The maximum Gasteiger partial charge on any atom is 0.271 e. The molecule has 110 valence electrons. The third-order valence-electron chi connectivity index (χ3n) is 3.14. The van der Waals surface area contributed by atoms with E-state index in [1.165, 1.54) is 6.20 Å². The Hall–Kier alpha value is -2.43. The fraction of sp³-hybridized carbons (Fsp3) is 0.312. The molecule has 0 spiro atoms. The van der Waals surface area contributed by atoms with Crippen LogP contribution in [0.3, 0.4) is 0 Å². The lowest BCUT2D eigenvalue weighted by atomic mass is 10.1. The van der Waals surface area contributed by atoms with Gasteiger partial charge in [-0.15, -0.1) is 0 Å². The van der Waals surface area contributed by atoms with Crippen LogP contribution < -0.4 is 10.6 Å². The third kappa shape index (κ3) is 4.27. The van der Waals surface area contributed by atoms with Gasteiger partial charge in [0, 0.05) is 13.1 Å². The van der Waals surface area contributed by atoms with Crippen LogP contribution in [0.1, 0.15) is 35.0 Å². The monoisotopic (exact) mass is 284 g/mol. The van der Waals surface area contributed by atoms with Crippen molar-refractivity contribution in [2.24, 2.45) is 0 Å². The van der Waals surface area contributed by atoms with Crippen LogP contribution in [0, 0.1) is 6.92 Å². The summed E-state index contributed by atoms with van der Waals surface area (Å²) in [5.41, 5.74) is 2.58. The molecule has 1 amide bonds. The highest BCUT2D eigenvalue weighted by atomic mass is 16.1. The Labute approximate surface area is 124 Å². The van der Waals surface area contributed by atoms with Gasteiger partial charge in [0.2, 0.25) is 0 Å². The van der Waals surface area contributed by atoms with Crippen LogP contribution in [-0.2, 0) is 6.54 Å². The van der Waals surface area contributed by atoms with Crippen LogP contribution in [0.4, 0.5) is 5.82 Å². The first-order valence-corrected chi connectivity index (χ1v) is 7.09. The molecular weight excluding hydrogens is 264 g/mol. The molecule has 0 saturated carbocycles. The quantitative estimate of drug-likeness (QED) is 0.855. The summed E-state index contributed by atoms with van der Waals surface area (Å²) in [4.78, 5) is 20.3. The smallest absolute Gasteiger partial charge is 0.271 e. The molecule has 2 aromatic rings. The van der Waals surface area contributed by atoms with Crippen molar-refractivity contribution in [3.63, 3.8) is 0 Å². The lowest BCUT2D eigenvalue weighted by Crippen LogP contribution is -2.24. The van der Waals surface area contributed by atoms with Crippen LogP contribution in [0.2, 0.25) is 0 Å². The Morgan fingerprint density at radius 3 is 2.67 bits per heavy atom. The predicted molar refractivity (Wildman–Crippen MR) is 83.2 cm³/mol. The Morgan fingerprint density at radius 2 is 2.00 bits per heavy atom. The maximum absolute atomic E-state index is 12.0. The van der Waals surface area contributed by atoms with Gasteiger partial charge < -0.3 is 10.6 Å². The van der Waals surface area contributed by atoms with Gasteiger partial charge >= 0.3 is 0 Å². The zero-order valence-corrected chi connectivity index (χ0v) is 12.4. The lowest BCUT2D eigenvalue weighted by molar-refractivity contribution is 0.0945. The molecule has 1 heterocycles. The number of benzene rings is 1. The average molecular weight is 284 g/mol. The van der Waals surface area contributed by atoms with Crippen molar-refractivity contribution in [2.45, 2.75) is 26.8 Å². The van der Waals surface area contributed by atoms with E-state index < -0.39 is 0 Å². The van der Waals surface area contributed by atoms with Crippen LogP contribution >= 0.6 is 0 Å². The summed E-state index contributed by atoms with van der Waals surface area (Å²) in [5.74, 6) is 0.472. The second kappa shape index (κ2) is 7.38. The minimum absolute atomic E-state index is 0.215. The summed E-state index contributed by atoms with van der Waals surface area (Å²) in [6.07, 6.45) is 4.09. The molecule has 1 aromatic carbocycles. The topological polar surface area (TPSA) is 66.9 Å². The minimum Gasteiger partial charge on any atom is -0.369 e. The van der Waals surface area contributed by atoms with Crippen molar-refractivity contribution in [3.05, 3.63) is 53.5 Å². The molecule has 0 aliphatic rings. The highest BCUT2D eigenvalue weighted by molar-refractivity contribution is 5.91. The molecule has 5 heteroatoms. The number of carbonyl (C=O) groups is 1. The number of aromatic nitrogens is 2. The van der Waals surface area contributed by atoms with Gasteiger partial charge in [-0.1, -0.05) is 31.2 Å². The van der Waals surface area contributed by atoms with Crippen LogP contribution in [0.5, 0.6) is 0 Å². The van der Waals surface area contributed by atoms with E-state index >= 15 is 0 Å². The first kappa shape index (κ1) is 15.0. The van der Waals surface area contributed by atoms with E-state index in [0.29, 0.717) is 18.1 Å². The number of aryl methyl sites for hydroxylation is 1. The Balaban J connectivity index is 1.93. The summed E-state index contributed by atoms with van der Waals surface area (Å²) in [6.45, 7) is 5.43. The van der Waals surface area contributed by atoms with Crippen LogP contribution in [0.15, 0.2) is 36.7 Å². The Morgan fingerprint density at radius 1 is 1.19 bits per heavy atom. The van der Waals surface area contributed by atoms with E-state index in [9.17, 15) is 4.79 Å². The lowest BCUT2D eigenvalue weighted by Gasteiger charge is -2.08. The molecule has 0 unspecified atom stereocenters. The number of hydrogen-bond acceptors (Lipinski definition) is 4. The molecule has 0 aliphatic heterocycles. The molecule has 0 bridgehead atoms. The zero-order chi connectivity index (χ0) is 15.1. The average Bonchev–Trinajstić information content (AvgIpc) is 2.52. The third-order valence-corrected chi connectivity index (χ3v) is 3.14. The van der Waals surface area contributed by atoms with Crippen LogP contribution in [-0.4, -0.2) is 22.4 Å². The summed E-state index contributed by atoms with van der Waals surface area (Å²) >= 11 is 0. The first-order chi connectivity index (χ1) is 10.2. The highest BCUT2D eigenvalue weighted by Gasteiger charge is 2.08. The van der Waals surface area contributed by atoms with E-state index in [0.717, 1.165) is 24.1 Å². The molecule has 2 rings (SSSR count). The number of amides is 1. The predicted octanol–water partition coefficient (Wildman–Crippen LogP) is 2.54. The molecule has 1 aromatic heterocycles. The van der Waals surface area contributed by atoms with Crippen molar-refractivity contribution in [1.82, 2.24) is 15.3 Å². The fourth-order valence-electron chi connectivity index (χ4n) is 1.86. The highest BCUT2D eigenvalue weighted by Crippen LogP contribution is 2.07. The molecule has 21 heavy (non-hydrogen) atoms. The van der Waals surface area contributed by atoms with E-state index in [1.54, 1.807) is 6.20 Å². The normalized spacial score (nSPS) is 10.2. The fourth-order valence-corrected chi connectivity index (χ4v) is 1.86. The molecule has 0 fully saturated rings. The Bertz CT molecular complexity index is 595. The summed E-state index contributed by atoms with van der Waals surface area (Å²) in [7, 11) is 0. The summed E-state index contributed by atoms with van der Waals surface area (Å²) in [5, 5.41) is 5.98. The van der Waals surface area contributed by atoms with Crippen molar-refractivity contribution >= 4 is 11.7 Å². The second-order valence-corrected chi connectivity index (χ2v) is 4.82. The summed E-state index contributed by atoms with van der Waals surface area (Å²) in [6, 6.07) is 7.96. The minimum atomic E-state index is -0.215. The number of nitrogens with zero attached hydrogens (tertiary/aromatic N) is 2. The van der Waals surface area contributed by atoms with Gasteiger partial charge in [0.1, 0.15) is 11.5 Å². The summed E-state index contributed by atoms with van der Waals surface area (Å²) < 4.78 is 0. The molecule has 0 atom stereocenters. The van der Waals surface area contributed by atoms with Gasteiger partial charge in [-0.25, -0.2) is 9.97 Å². The largest absolute Gasteiger partial charge is 0.369 e. The van der Waals surface area contributed by atoms with Crippen LogP contribution in [0.25, 0.3) is 0 Å². The van der Waals surface area contributed by atoms with Gasteiger partial charge in [-0.3, -0.25) is 4.79 Å². The van der Waals surface area contributed by atoms with E-state index in [4.69, 9.17) is 0 Å². The van der Waals surface area contributed by atoms with Crippen molar-refractivity contribution in [3.8, 4) is 0 Å². The standard InChI is InChI=1S/C16H20N4O/c1-3-8-17-15-11-18-14(10-19-15)16(21)20-9-13-7-5-4-6-12(13)2/h4-7,10-11H,3,8-9H2,1-2H3,(H,17,19)(H,20,21). The molecule has 5 nitrogen and oxygen atoms in total. The second-order valence-electron chi connectivity index (χ2n) is 4.82. The maximum atomic E-state index is 12.0. The molecular formula is C16H20N4O. The Kier molecular flexibility index (Phi) is 5.26. The zero-order valence-electron chi connectivity index (χ0n) is 12.4. The van der Waals surface area contributed by atoms with Crippen molar-refractivity contribution < 1.29 is 4.79 Å². The number of hydrogen-bond donors (Lipinski definition) is 2. The molecule has 2 N–H and O–H groups in total. The number of anilines is 1. The van der Waals surface area contributed by atoms with E-state index in [-0.39, 0.29) is 5.91 Å². The van der Waals surface area contributed by atoms with Gasteiger partial charge in [0.05, 0.1) is 12.4 Å². The SMILES string of the molecule is CCCNc1cnc(C(=O)NCc2ccccc2C)cn1. The van der Waals surface area contributed by atoms with Gasteiger partial charge in [-0.2, -0.15) is 0 Å². The molecule has 0 radical (unpaired) electrons. The van der Waals surface area contributed by atoms with Gasteiger partial charge in [0.15, 0.2) is 0 Å². The van der Waals surface area contributed by atoms with E-state index in [1.807, 2.05) is 31.2 Å². The van der Waals surface area contributed by atoms with Crippen molar-refractivity contribution in [2.75, 3.05) is 11.9 Å². The number of rotatable bonds is 6.